The summed E-state index contributed by atoms with van der Waals surface area (Å²) < 4.78 is 30.7. The zero-order valence-electron chi connectivity index (χ0n) is 24.5. The monoisotopic (exact) mass is 582 g/mol. The molecule has 7 atom stereocenters. The number of carbonyl (C=O) groups is 6. The fourth-order valence-corrected chi connectivity index (χ4v) is 4.95. The van der Waals surface area contributed by atoms with Crippen molar-refractivity contribution in [2.75, 3.05) is 13.2 Å². The van der Waals surface area contributed by atoms with Crippen molar-refractivity contribution in [3.8, 4) is 0 Å². The second kappa shape index (κ2) is 14.1. The molecule has 4 fully saturated rings. The van der Waals surface area contributed by atoms with E-state index < -0.39 is 48.1 Å². The lowest BCUT2D eigenvalue weighted by atomic mass is 9.88. The van der Waals surface area contributed by atoms with Crippen molar-refractivity contribution in [3.05, 3.63) is 0 Å². The lowest BCUT2D eigenvalue weighted by Gasteiger charge is -2.26. The van der Waals surface area contributed by atoms with Crippen LogP contribution in [0, 0.1) is 23.2 Å². The van der Waals surface area contributed by atoms with Gasteiger partial charge in [-0.2, -0.15) is 0 Å². The van der Waals surface area contributed by atoms with Crippen LogP contribution in [0.4, 0.5) is 0 Å². The number of rotatable bonds is 10. The number of esters is 6. The van der Waals surface area contributed by atoms with Gasteiger partial charge in [-0.3, -0.25) is 19.2 Å². The van der Waals surface area contributed by atoms with Gasteiger partial charge in [-0.25, -0.2) is 9.59 Å². The molecule has 0 radical (unpaired) electrons. The van der Waals surface area contributed by atoms with E-state index in [0.717, 1.165) is 0 Å². The summed E-state index contributed by atoms with van der Waals surface area (Å²) in [6.07, 6.45) is 3.59. The van der Waals surface area contributed by atoms with Crippen molar-refractivity contribution >= 4 is 35.8 Å². The van der Waals surface area contributed by atoms with Gasteiger partial charge in [0.25, 0.3) is 0 Å². The van der Waals surface area contributed by atoms with Gasteiger partial charge in [0.1, 0.15) is 24.4 Å². The lowest BCUT2D eigenvalue weighted by Crippen LogP contribution is -2.35. The maximum atomic E-state index is 11.8. The van der Waals surface area contributed by atoms with Crippen LogP contribution in [0.5, 0.6) is 0 Å². The Morgan fingerprint density at radius 1 is 0.805 bits per heavy atom. The van der Waals surface area contributed by atoms with Crippen LogP contribution in [0.3, 0.4) is 0 Å². The van der Waals surface area contributed by atoms with Crippen LogP contribution >= 0.6 is 0 Å². The smallest absolute Gasteiger partial charge is 0.344 e. The van der Waals surface area contributed by atoms with E-state index in [4.69, 9.17) is 28.4 Å². The number of ether oxygens (including phenoxy) is 6. The van der Waals surface area contributed by atoms with Gasteiger partial charge in [0.2, 0.25) is 0 Å². The molecule has 0 aromatic heterocycles. The maximum Gasteiger partial charge on any atom is 0.344 e. The van der Waals surface area contributed by atoms with E-state index in [-0.39, 0.29) is 48.5 Å². The largest absolute Gasteiger partial charge is 0.458 e. The van der Waals surface area contributed by atoms with Crippen LogP contribution < -0.4 is 0 Å². The Labute approximate surface area is 240 Å². The van der Waals surface area contributed by atoms with E-state index in [1.165, 1.54) is 0 Å². The summed E-state index contributed by atoms with van der Waals surface area (Å²) in [5, 5.41) is 0. The van der Waals surface area contributed by atoms with Gasteiger partial charge >= 0.3 is 35.8 Å². The molecular weight excluding hydrogens is 540 g/mol. The molecule has 0 N–H and O–H groups in total. The Morgan fingerprint density at radius 2 is 1.27 bits per heavy atom. The fraction of sp³-hybridized carbons (Fsp3) is 0.793. The second-order valence-electron chi connectivity index (χ2n) is 11.8. The summed E-state index contributed by atoms with van der Waals surface area (Å²) in [6, 6.07) is 0. The first-order valence-corrected chi connectivity index (χ1v) is 14.5. The third kappa shape index (κ3) is 8.65. The molecule has 0 spiro atoms. The van der Waals surface area contributed by atoms with E-state index in [0.29, 0.717) is 51.4 Å². The third-order valence-electron chi connectivity index (χ3n) is 8.33. The first-order chi connectivity index (χ1) is 19.3. The Balaban J connectivity index is 0.000000226. The quantitative estimate of drug-likeness (QED) is 0.274. The Kier molecular flexibility index (Phi) is 11.1. The molecule has 2 heterocycles. The summed E-state index contributed by atoms with van der Waals surface area (Å²) in [4.78, 5) is 69.4. The molecular formula is C29H42O12. The first kappa shape index (κ1) is 32.3. The van der Waals surface area contributed by atoms with Crippen molar-refractivity contribution in [2.45, 2.75) is 110 Å². The fourth-order valence-electron chi connectivity index (χ4n) is 4.95. The van der Waals surface area contributed by atoms with Gasteiger partial charge in [0, 0.05) is 12.8 Å². The van der Waals surface area contributed by atoms with Crippen LogP contribution in [0.25, 0.3) is 0 Å². The minimum Gasteiger partial charge on any atom is -0.458 e. The molecule has 12 nitrogen and oxygen atoms in total. The summed E-state index contributed by atoms with van der Waals surface area (Å²) in [5.74, 6) is -2.72. The van der Waals surface area contributed by atoms with Crippen LogP contribution in [-0.4, -0.2) is 73.4 Å². The van der Waals surface area contributed by atoms with Gasteiger partial charge in [-0.05, 0) is 52.4 Å². The van der Waals surface area contributed by atoms with Crippen LogP contribution in [-0.2, 0) is 57.2 Å². The summed E-state index contributed by atoms with van der Waals surface area (Å²) in [5.41, 5.74) is -0.612. The van der Waals surface area contributed by atoms with Crippen LogP contribution in [0.2, 0.25) is 0 Å². The molecule has 0 amide bonds. The topological polar surface area (TPSA) is 158 Å². The predicted molar refractivity (Wildman–Crippen MR) is 140 cm³/mol. The normalized spacial score (nSPS) is 28.7. The molecule has 2 saturated heterocycles. The zero-order valence-corrected chi connectivity index (χ0v) is 24.5. The molecule has 230 valence electrons. The van der Waals surface area contributed by atoms with Gasteiger partial charge in [-0.15, -0.1) is 0 Å². The minimum absolute atomic E-state index is 0.0433. The average molecular weight is 583 g/mol. The van der Waals surface area contributed by atoms with Gasteiger partial charge < -0.3 is 28.4 Å². The summed E-state index contributed by atoms with van der Waals surface area (Å²) in [6.45, 7) is 8.24. The average Bonchev–Trinajstić information content (AvgIpc) is 3.43. The maximum absolute atomic E-state index is 11.8. The van der Waals surface area contributed by atoms with Gasteiger partial charge in [0.15, 0.2) is 13.2 Å². The highest BCUT2D eigenvalue weighted by Crippen LogP contribution is 2.37. The molecule has 7 unspecified atom stereocenters. The number of hydrogen-bond donors (Lipinski definition) is 0. The van der Waals surface area contributed by atoms with Gasteiger partial charge in [0.05, 0.1) is 23.2 Å². The predicted octanol–water partition coefficient (Wildman–Crippen LogP) is 2.82. The first-order valence-electron chi connectivity index (χ1n) is 14.5. The molecule has 2 aliphatic heterocycles. The van der Waals surface area contributed by atoms with Crippen molar-refractivity contribution in [1.29, 1.82) is 0 Å². The Hall–Kier alpha value is -3.18. The summed E-state index contributed by atoms with van der Waals surface area (Å²) in [7, 11) is 0. The Bertz CT molecular complexity index is 1000. The molecule has 4 aliphatic rings. The SMILES string of the molecule is CCC(C)(C)C(=O)OCC(=O)OC1CCC2CC1OC2=O.CCC(C)C(=O)OCC(=O)OC1CCC2CC1OC2=O. The standard InChI is InChI=1S/C15H22O6.C14H20O6/c1-4-15(2,3)14(18)19-8-12(16)20-10-6-5-9-7-11(10)21-13(9)17;1-3-8(2)13(16)18-7-12(15)19-10-5-4-9-6-11(10)20-14(9)17/h9-11H,4-8H2,1-3H3;8-11H,3-7H2,1-2H3. The third-order valence-corrected chi connectivity index (χ3v) is 8.33. The second-order valence-corrected chi connectivity index (χ2v) is 11.8. The van der Waals surface area contributed by atoms with Crippen molar-refractivity contribution in [2.24, 2.45) is 23.2 Å². The molecule has 4 rings (SSSR count). The number of hydrogen-bond acceptors (Lipinski definition) is 12. The molecule has 2 aliphatic carbocycles. The number of carbonyl (C=O) groups excluding carboxylic acids is 6. The molecule has 0 aromatic carbocycles. The zero-order chi connectivity index (χ0) is 30.3. The lowest BCUT2D eigenvalue weighted by molar-refractivity contribution is -0.172. The summed E-state index contributed by atoms with van der Waals surface area (Å²) >= 11 is 0. The van der Waals surface area contributed by atoms with E-state index in [9.17, 15) is 28.8 Å². The van der Waals surface area contributed by atoms with Gasteiger partial charge in [-0.1, -0.05) is 20.8 Å². The minimum atomic E-state index is -0.612. The Morgan fingerprint density at radius 3 is 1.71 bits per heavy atom. The molecule has 12 heteroatoms. The van der Waals surface area contributed by atoms with Crippen molar-refractivity contribution < 1.29 is 57.2 Å². The van der Waals surface area contributed by atoms with Crippen molar-refractivity contribution in [3.63, 3.8) is 0 Å². The number of fused-ring (bicyclic) bond motifs is 4. The molecule has 0 aromatic rings. The molecule has 41 heavy (non-hydrogen) atoms. The molecule has 2 saturated carbocycles. The van der Waals surface area contributed by atoms with E-state index >= 15 is 0 Å². The van der Waals surface area contributed by atoms with Crippen molar-refractivity contribution in [1.82, 2.24) is 0 Å². The van der Waals surface area contributed by atoms with E-state index in [1.807, 2.05) is 13.8 Å². The highest BCUT2D eigenvalue weighted by atomic mass is 16.6. The van der Waals surface area contributed by atoms with Crippen LogP contribution in [0.1, 0.15) is 86.0 Å². The molecule has 4 bridgehead atoms. The highest BCUT2D eigenvalue weighted by molar-refractivity contribution is 5.80. The highest BCUT2D eigenvalue weighted by Gasteiger charge is 2.46. The van der Waals surface area contributed by atoms with Crippen LogP contribution in [0.15, 0.2) is 0 Å². The van der Waals surface area contributed by atoms with E-state index in [2.05, 4.69) is 0 Å². The van der Waals surface area contributed by atoms with E-state index in [1.54, 1.807) is 20.8 Å².